The van der Waals surface area contributed by atoms with Crippen LogP contribution >= 0.6 is 23.8 Å². The Morgan fingerprint density at radius 3 is 2.79 bits per heavy atom. The highest BCUT2D eigenvalue weighted by molar-refractivity contribution is 7.80. The zero-order chi connectivity index (χ0) is 16.7. The first-order valence-corrected chi connectivity index (χ1v) is 8.90. The fourth-order valence-corrected chi connectivity index (χ4v) is 4.26. The molecule has 24 heavy (non-hydrogen) atoms. The molecule has 124 valence electrons. The molecule has 4 rings (SSSR count). The molecule has 1 saturated heterocycles. The van der Waals surface area contributed by atoms with E-state index < -0.39 is 0 Å². The number of piperidine rings is 1. The fraction of sp³-hybridized carbons (Fsp3) is 0.333. The molecule has 0 unspecified atom stereocenters. The van der Waals surface area contributed by atoms with Crippen LogP contribution in [0.5, 0.6) is 0 Å². The summed E-state index contributed by atoms with van der Waals surface area (Å²) >= 11 is 11.8. The van der Waals surface area contributed by atoms with Crippen molar-refractivity contribution in [2.45, 2.75) is 18.9 Å². The van der Waals surface area contributed by atoms with Crippen molar-refractivity contribution in [1.29, 1.82) is 0 Å². The molecule has 4 nitrogen and oxygen atoms in total. The third-order valence-corrected chi connectivity index (χ3v) is 5.57. The number of anilines is 1. The van der Waals surface area contributed by atoms with E-state index in [4.69, 9.17) is 23.8 Å². The Kier molecular flexibility index (Phi) is 4.06. The fourth-order valence-electron chi connectivity index (χ4n) is 3.82. The summed E-state index contributed by atoms with van der Waals surface area (Å²) in [7, 11) is 0. The summed E-state index contributed by atoms with van der Waals surface area (Å²) in [5.74, 6) is 0.791. The van der Waals surface area contributed by atoms with E-state index in [1.165, 1.54) is 0 Å². The van der Waals surface area contributed by atoms with Crippen molar-refractivity contribution in [2.24, 2.45) is 5.92 Å². The van der Waals surface area contributed by atoms with Gasteiger partial charge in [0.05, 0.1) is 10.7 Å². The molecule has 0 amide bonds. The maximum atomic E-state index is 12.1. The molecule has 2 aromatic rings. The van der Waals surface area contributed by atoms with Gasteiger partial charge in [0.25, 0.3) is 5.56 Å². The molecule has 2 aliphatic heterocycles. The van der Waals surface area contributed by atoms with E-state index in [1.54, 1.807) is 6.07 Å². The van der Waals surface area contributed by atoms with Gasteiger partial charge in [-0.3, -0.25) is 4.79 Å². The number of benzene rings is 1. The van der Waals surface area contributed by atoms with Crippen LogP contribution in [0.2, 0.25) is 5.02 Å². The van der Waals surface area contributed by atoms with Crippen LogP contribution in [0.15, 0.2) is 47.3 Å². The second kappa shape index (κ2) is 6.22. The SMILES string of the molecule is O=c1cccc2n1C[C@@H]1C[C@H]2CN(C(=S)Nc2ccccc2Cl)C1. The zero-order valence-electron chi connectivity index (χ0n) is 13.1. The van der Waals surface area contributed by atoms with Crippen molar-refractivity contribution in [3.63, 3.8) is 0 Å². The molecule has 6 heteroatoms. The number of pyridine rings is 1. The minimum atomic E-state index is 0.104. The van der Waals surface area contributed by atoms with E-state index in [-0.39, 0.29) is 5.56 Å². The van der Waals surface area contributed by atoms with Crippen LogP contribution in [0.3, 0.4) is 0 Å². The van der Waals surface area contributed by atoms with Crippen molar-refractivity contribution in [1.82, 2.24) is 9.47 Å². The summed E-state index contributed by atoms with van der Waals surface area (Å²) < 4.78 is 1.93. The number of rotatable bonds is 1. The highest BCUT2D eigenvalue weighted by Crippen LogP contribution is 2.35. The first kappa shape index (κ1) is 15.7. The molecule has 0 saturated carbocycles. The Morgan fingerprint density at radius 1 is 1.12 bits per heavy atom. The normalized spacial score (nSPS) is 22.0. The van der Waals surface area contributed by atoms with Crippen LogP contribution in [0.4, 0.5) is 5.69 Å². The summed E-state index contributed by atoms with van der Waals surface area (Å²) in [5.41, 5.74) is 2.06. The lowest BCUT2D eigenvalue weighted by Crippen LogP contribution is -2.50. The van der Waals surface area contributed by atoms with E-state index >= 15 is 0 Å². The number of nitrogens with zero attached hydrogens (tertiary/aromatic N) is 2. The molecule has 0 spiro atoms. The van der Waals surface area contributed by atoms with Gasteiger partial charge in [-0.1, -0.05) is 29.8 Å². The third kappa shape index (κ3) is 2.82. The zero-order valence-corrected chi connectivity index (χ0v) is 14.7. The molecule has 1 aromatic carbocycles. The van der Waals surface area contributed by atoms with Crippen molar-refractivity contribution >= 4 is 34.6 Å². The van der Waals surface area contributed by atoms with Gasteiger partial charge in [-0.05, 0) is 42.8 Å². The first-order valence-electron chi connectivity index (χ1n) is 8.12. The molecule has 0 aliphatic carbocycles. The molecule has 0 radical (unpaired) electrons. The molecular formula is C18H18ClN3OS. The number of thiocarbonyl (C=S) groups is 1. The van der Waals surface area contributed by atoms with Crippen LogP contribution in [-0.4, -0.2) is 27.7 Å². The van der Waals surface area contributed by atoms with Gasteiger partial charge >= 0.3 is 0 Å². The number of hydrogen-bond donors (Lipinski definition) is 1. The van der Waals surface area contributed by atoms with Gasteiger partial charge in [0.1, 0.15) is 0 Å². The largest absolute Gasteiger partial charge is 0.348 e. The predicted molar refractivity (Wildman–Crippen MR) is 101 cm³/mol. The van der Waals surface area contributed by atoms with Gasteiger partial charge in [0.15, 0.2) is 5.11 Å². The second-order valence-electron chi connectivity index (χ2n) is 6.51. The summed E-state index contributed by atoms with van der Waals surface area (Å²) in [6.45, 7) is 2.47. The topological polar surface area (TPSA) is 37.3 Å². The average molecular weight is 360 g/mol. The lowest BCUT2D eigenvalue weighted by Gasteiger charge is -2.43. The van der Waals surface area contributed by atoms with E-state index in [2.05, 4.69) is 16.3 Å². The Balaban J connectivity index is 1.55. The molecule has 1 fully saturated rings. The molecule has 1 aromatic heterocycles. The number of nitrogens with one attached hydrogen (secondary N) is 1. The molecule has 3 heterocycles. The third-order valence-electron chi connectivity index (χ3n) is 4.88. The smallest absolute Gasteiger partial charge is 0.250 e. The highest BCUT2D eigenvalue weighted by Gasteiger charge is 2.35. The second-order valence-corrected chi connectivity index (χ2v) is 7.31. The van der Waals surface area contributed by atoms with Gasteiger partial charge in [-0.25, -0.2) is 0 Å². The van der Waals surface area contributed by atoms with Gasteiger partial charge < -0.3 is 14.8 Å². The first-order chi connectivity index (χ1) is 11.6. The maximum Gasteiger partial charge on any atom is 0.250 e. The molecule has 2 aliphatic rings. The molecule has 2 atom stereocenters. The van der Waals surface area contributed by atoms with Gasteiger partial charge in [-0.15, -0.1) is 0 Å². The van der Waals surface area contributed by atoms with Crippen molar-refractivity contribution in [2.75, 3.05) is 18.4 Å². The Hall–Kier alpha value is -1.85. The van der Waals surface area contributed by atoms with Crippen LogP contribution in [0.1, 0.15) is 18.0 Å². The summed E-state index contributed by atoms with van der Waals surface area (Å²) in [5, 5.41) is 4.62. The minimum Gasteiger partial charge on any atom is -0.348 e. The summed E-state index contributed by atoms with van der Waals surface area (Å²) in [6, 6.07) is 13.2. The Morgan fingerprint density at radius 2 is 1.96 bits per heavy atom. The number of hydrogen-bond acceptors (Lipinski definition) is 2. The van der Waals surface area contributed by atoms with E-state index in [0.717, 1.165) is 37.4 Å². The Labute approximate surface area is 151 Å². The van der Waals surface area contributed by atoms with Gasteiger partial charge in [0.2, 0.25) is 0 Å². The average Bonchev–Trinajstić information content (AvgIpc) is 2.58. The summed E-state index contributed by atoms with van der Waals surface area (Å²) in [6.07, 6.45) is 1.12. The number of likely N-dealkylation sites (tertiary alicyclic amines) is 1. The van der Waals surface area contributed by atoms with Crippen molar-refractivity contribution in [3.05, 3.63) is 63.5 Å². The minimum absolute atomic E-state index is 0.104. The molecule has 2 bridgehead atoms. The van der Waals surface area contributed by atoms with E-state index in [9.17, 15) is 4.79 Å². The number of aromatic nitrogens is 1. The molecular weight excluding hydrogens is 342 g/mol. The van der Waals surface area contributed by atoms with E-state index in [0.29, 0.717) is 22.0 Å². The Bertz CT molecular complexity index is 850. The number of para-hydroxylation sites is 1. The lowest BCUT2D eigenvalue weighted by molar-refractivity contribution is 0.180. The van der Waals surface area contributed by atoms with Crippen molar-refractivity contribution in [3.8, 4) is 0 Å². The molecule has 1 N–H and O–H groups in total. The quantitative estimate of drug-likeness (QED) is 0.792. The summed E-state index contributed by atoms with van der Waals surface area (Å²) in [4.78, 5) is 14.3. The van der Waals surface area contributed by atoms with Crippen LogP contribution < -0.4 is 10.9 Å². The maximum absolute atomic E-state index is 12.1. The van der Waals surface area contributed by atoms with Crippen LogP contribution in [0, 0.1) is 5.92 Å². The van der Waals surface area contributed by atoms with Crippen molar-refractivity contribution < 1.29 is 0 Å². The van der Waals surface area contributed by atoms with E-state index in [1.807, 2.05) is 34.9 Å². The standard InChI is InChI=1S/C18H18ClN3OS/c19-14-4-1-2-5-15(14)20-18(24)21-9-12-8-13(11-21)16-6-3-7-17(23)22(16)10-12/h1-7,12-13H,8-11H2,(H,20,24)/t12-,13+/m1/s1. The van der Waals surface area contributed by atoms with Gasteiger partial charge in [0, 0.05) is 37.3 Å². The number of fused-ring (bicyclic) bond motifs is 4. The highest BCUT2D eigenvalue weighted by atomic mass is 35.5. The predicted octanol–water partition coefficient (Wildman–Crippen LogP) is 3.32. The number of halogens is 1. The van der Waals surface area contributed by atoms with Gasteiger partial charge in [-0.2, -0.15) is 0 Å². The van der Waals surface area contributed by atoms with Crippen LogP contribution in [0.25, 0.3) is 0 Å². The lowest BCUT2D eigenvalue weighted by atomic mass is 9.83. The monoisotopic (exact) mass is 359 g/mol. The van der Waals surface area contributed by atoms with Crippen LogP contribution in [-0.2, 0) is 6.54 Å².